The van der Waals surface area contributed by atoms with Gasteiger partial charge in [-0.2, -0.15) is 0 Å². The molecule has 1 rings (SSSR count). The minimum Gasteiger partial charge on any atom is -0.495 e. The Bertz CT molecular complexity index is 423. The second-order valence-electron chi connectivity index (χ2n) is 5.46. The third-order valence-corrected chi connectivity index (χ3v) is 4.07. The molecule has 0 aliphatic carbocycles. The molecule has 1 N–H and O–H groups in total. The van der Waals surface area contributed by atoms with Gasteiger partial charge in [0.05, 0.1) is 14.2 Å². The van der Waals surface area contributed by atoms with Crippen LogP contribution in [-0.2, 0) is 6.42 Å². The molecule has 0 aromatic heterocycles. The van der Waals surface area contributed by atoms with Gasteiger partial charge in [-0.3, -0.25) is 0 Å². The number of hydrogen-bond donors (Lipinski definition) is 1. The molecule has 1 aromatic rings. The minimum absolute atomic E-state index is 0.565. The molecule has 1 atom stereocenters. The lowest BCUT2D eigenvalue weighted by atomic mass is 9.97. The summed E-state index contributed by atoms with van der Waals surface area (Å²) < 4.78 is 10.7. The van der Waals surface area contributed by atoms with Crippen molar-refractivity contribution in [3.05, 3.63) is 22.7 Å². The minimum atomic E-state index is 0.565. The standard InChI is InChI=1S/C17H28ClNO2/c1-5-11-19-12-10-13(2)6-7-14-8-9-15(20-3)16(18)17(14)21-4/h8-9,13,19H,5-7,10-12H2,1-4H3. The lowest BCUT2D eigenvalue weighted by Gasteiger charge is -2.15. The zero-order chi connectivity index (χ0) is 15.7. The molecule has 0 aliphatic rings. The summed E-state index contributed by atoms with van der Waals surface area (Å²) in [6, 6.07) is 3.96. The maximum absolute atomic E-state index is 6.29. The second kappa shape index (κ2) is 9.91. The van der Waals surface area contributed by atoms with Crippen LogP contribution in [0.3, 0.4) is 0 Å². The van der Waals surface area contributed by atoms with Crippen molar-refractivity contribution < 1.29 is 9.47 Å². The number of methoxy groups -OCH3 is 2. The molecule has 1 unspecified atom stereocenters. The zero-order valence-corrected chi connectivity index (χ0v) is 14.4. The Kier molecular flexibility index (Phi) is 8.55. The Hall–Kier alpha value is -0.930. The van der Waals surface area contributed by atoms with E-state index in [4.69, 9.17) is 21.1 Å². The number of halogens is 1. The maximum Gasteiger partial charge on any atom is 0.144 e. The van der Waals surface area contributed by atoms with E-state index in [9.17, 15) is 0 Å². The summed E-state index contributed by atoms with van der Waals surface area (Å²) in [6.07, 6.45) is 4.50. The van der Waals surface area contributed by atoms with Crippen molar-refractivity contribution in [3.63, 3.8) is 0 Å². The summed E-state index contributed by atoms with van der Waals surface area (Å²) in [5, 5.41) is 4.01. The van der Waals surface area contributed by atoms with E-state index in [0.29, 0.717) is 16.7 Å². The van der Waals surface area contributed by atoms with Gasteiger partial charge in [0, 0.05) is 0 Å². The molecule has 0 spiro atoms. The highest BCUT2D eigenvalue weighted by molar-refractivity contribution is 6.33. The van der Waals surface area contributed by atoms with Crippen molar-refractivity contribution >= 4 is 11.6 Å². The van der Waals surface area contributed by atoms with Crippen molar-refractivity contribution in [1.82, 2.24) is 5.32 Å². The van der Waals surface area contributed by atoms with Gasteiger partial charge in [0.15, 0.2) is 0 Å². The van der Waals surface area contributed by atoms with Gasteiger partial charge in [0.2, 0.25) is 0 Å². The molecule has 0 radical (unpaired) electrons. The summed E-state index contributed by atoms with van der Waals surface area (Å²) in [7, 11) is 3.27. The van der Waals surface area contributed by atoms with E-state index in [-0.39, 0.29) is 0 Å². The van der Waals surface area contributed by atoms with Gasteiger partial charge in [-0.25, -0.2) is 0 Å². The van der Waals surface area contributed by atoms with Crippen LogP contribution in [0.2, 0.25) is 5.02 Å². The summed E-state index contributed by atoms with van der Waals surface area (Å²) >= 11 is 6.29. The summed E-state index contributed by atoms with van der Waals surface area (Å²) in [4.78, 5) is 0. The number of benzene rings is 1. The van der Waals surface area contributed by atoms with Crippen LogP contribution >= 0.6 is 11.6 Å². The van der Waals surface area contributed by atoms with Crippen molar-refractivity contribution in [2.45, 2.75) is 39.5 Å². The Balaban J connectivity index is 2.53. The normalized spacial score (nSPS) is 12.2. The van der Waals surface area contributed by atoms with Gasteiger partial charge >= 0.3 is 0 Å². The van der Waals surface area contributed by atoms with Crippen LogP contribution < -0.4 is 14.8 Å². The predicted molar refractivity (Wildman–Crippen MR) is 89.8 cm³/mol. The fourth-order valence-corrected chi connectivity index (χ4v) is 2.69. The molecule has 0 bridgehead atoms. The van der Waals surface area contributed by atoms with Crippen molar-refractivity contribution in [2.24, 2.45) is 5.92 Å². The van der Waals surface area contributed by atoms with Gasteiger partial charge in [-0.05, 0) is 56.3 Å². The molecular formula is C17H28ClNO2. The van der Waals surface area contributed by atoms with Crippen molar-refractivity contribution in [1.29, 1.82) is 0 Å². The third kappa shape index (κ3) is 5.76. The van der Waals surface area contributed by atoms with Gasteiger partial charge < -0.3 is 14.8 Å². The lowest BCUT2D eigenvalue weighted by Crippen LogP contribution is -2.18. The van der Waals surface area contributed by atoms with Crippen LogP contribution in [0.25, 0.3) is 0 Å². The number of hydrogen-bond acceptors (Lipinski definition) is 3. The first-order chi connectivity index (χ1) is 10.1. The number of aryl methyl sites for hydroxylation is 1. The first-order valence-corrected chi connectivity index (χ1v) is 8.11. The average molecular weight is 314 g/mol. The van der Waals surface area contributed by atoms with E-state index in [0.717, 1.165) is 37.2 Å². The van der Waals surface area contributed by atoms with E-state index in [2.05, 4.69) is 19.2 Å². The molecule has 0 saturated carbocycles. The average Bonchev–Trinajstić information content (AvgIpc) is 2.49. The van der Waals surface area contributed by atoms with Crippen LogP contribution in [-0.4, -0.2) is 27.3 Å². The van der Waals surface area contributed by atoms with Crippen LogP contribution in [0.4, 0.5) is 0 Å². The molecule has 120 valence electrons. The quantitative estimate of drug-likeness (QED) is 0.653. The summed E-state index contributed by atoms with van der Waals surface area (Å²) in [6.45, 7) is 6.69. The van der Waals surface area contributed by atoms with E-state index in [1.807, 2.05) is 12.1 Å². The Labute approximate surface area is 134 Å². The Morgan fingerprint density at radius 3 is 2.52 bits per heavy atom. The van der Waals surface area contributed by atoms with Crippen molar-refractivity contribution in [2.75, 3.05) is 27.3 Å². The molecular weight excluding hydrogens is 286 g/mol. The van der Waals surface area contributed by atoms with Gasteiger partial charge in [0.25, 0.3) is 0 Å². The van der Waals surface area contributed by atoms with E-state index in [1.54, 1.807) is 14.2 Å². The highest BCUT2D eigenvalue weighted by atomic mass is 35.5. The van der Waals surface area contributed by atoms with Crippen LogP contribution in [0.1, 0.15) is 38.7 Å². The fraction of sp³-hybridized carbons (Fsp3) is 0.647. The zero-order valence-electron chi connectivity index (χ0n) is 13.7. The van der Waals surface area contributed by atoms with Crippen LogP contribution in [0.5, 0.6) is 11.5 Å². The molecule has 0 saturated heterocycles. The number of nitrogens with one attached hydrogen (secondary N) is 1. The highest BCUT2D eigenvalue weighted by Crippen LogP contribution is 2.37. The van der Waals surface area contributed by atoms with Gasteiger partial charge in [-0.1, -0.05) is 31.5 Å². The van der Waals surface area contributed by atoms with E-state index >= 15 is 0 Å². The SMILES string of the molecule is CCCNCCC(C)CCc1ccc(OC)c(Cl)c1OC. The lowest BCUT2D eigenvalue weighted by molar-refractivity contribution is 0.389. The molecule has 0 amide bonds. The van der Waals surface area contributed by atoms with Gasteiger partial charge in [-0.15, -0.1) is 0 Å². The largest absolute Gasteiger partial charge is 0.495 e. The van der Waals surface area contributed by atoms with E-state index < -0.39 is 0 Å². The number of rotatable bonds is 10. The van der Waals surface area contributed by atoms with E-state index in [1.165, 1.54) is 12.8 Å². The topological polar surface area (TPSA) is 30.5 Å². The number of ether oxygens (including phenoxy) is 2. The maximum atomic E-state index is 6.29. The van der Waals surface area contributed by atoms with Crippen LogP contribution in [0, 0.1) is 5.92 Å². The molecule has 21 heavy (non-hydrogen) atoms. The molecule has 4 heteroatoms. The molecule has 1 aromatic carbocycles. The fourth-order valence-electron chi connectivity index (χ4n) is 2.35. The van der Waals surface area contributed by atoms with Crippen LogP contribution in [0.15, 0.2) is 12.1 Å². The van der Waals surface area contributed by atoms with Crippen molar-refractivity contribution in [3.8, 4) is 11.5 Å². The van der Waals surface area contributed by atoms with Gasteiger partial charge in [0.1, 0.15) is 16.5 Å². The monoisotopic (exact) mass is 313 g/mol. The first-order valence-electron chi connectivity index (χ1n) is 7.74. The first kappa shape index (κ1) is 18.1. The predicted octanol–water partition coefficient (Wildman–Crippen LogP) is 4.32. The Morgan fingerprint density at radius 2 is 1.90 bits per heavy atom. The molecule has 0 heterocycles. The second-order valence-corrected chi connectivity index (χ2v) is 5.83. The summed E-state index contributed by atoms with van der Waals surface area (Å²) in [5.41, 5.74) is 1.15. The molecule has 0 aliphatic heterocycles. The smallest absolute Gasteiger partial charge is 0.144 e. The molecule has 0 fully saturated rings. The summed E-state index contributed by atoms with van der Waals surface area (Å²) in [5.74, 6) is 2.08. The third-order valence-electron chi connectivity index (χ3n) is 3.71. The Morgan fingerprint density at radius 1 is 1.14 bits per heavy atom. The molecule has 3 nitrogen and oxygen atoms in total. The highest BCUT2D eigenvalue weighted by Gasteiger charge is 2.13.